The lowest BCUT2D eigenvalue weighted by molar-refractivity contribution is -0.385. The van der Waals surface area contributed by atoms with Crippen molar-refractivity contribution < 1.29 is 18.1 Å². The second-order valence-electron chi connectivity index (χ2n) is 6.30. The molecule has 0 radical (unpaired) electrons. The lowest BCUT2D eigenvalue weighted by Gasteiger charge is -2.31. The molecule has 1 aliphatic heterocycles. The maximum Gasteiger partial charge on any atom is 0.276 e. The Balaban J connectivity index is 1.56. The summed E-state index contributed by atoms with van der Waals surface area (Å²) >= 11 is 1.16. The summed E-state index contributed by atoms with van der Waals surface area (Å²) in [6.45, 7) is 0.829. The average Bonchev–Trinajstić information content (AvgIpc) is 3.22. The number of rotatable bonds is 6. The third-order valence-electron chi connectivity index (χ3n) is 4.43. The van der Waals surface area contributed by atoms with Gasteiger partial charge in [0.15, 0.2) is 0 Å². The van der Waals surface area contributed by atoms with Crippen LogP contribution in [0.5, 0.6) is 0 Å². The molecule has 0 spiro atoms. The molecular formula is C18H19N3O5S2. The zero-order valence-corrected chi connectivity index (χ0v) is 16.5. The number of piperidine rings is 1. The largest absolute Gasteiger partial charge is 0.339 e. The summed E-state index contributed by atoms with van der Waals surface area (Å²) in [4.78, 5) is 24.5. The van der Waals surface area contributed by atoms with Gasteiger partial charge in [0.1, 0.15) is 4.21 Å². The highest BCUT2D eigenvalue weighted by Gasteiger charge is 2.26. The number of nitrogens with one attached hydrogen (secondary N) is 1. The Bertz CT molecular complexity index is 978. The van der Waals surface area contributed by atoms with E-state index < -0.39 is 14.9 Å². The molecule has 1 aliphatic rings. The van der Waals surface area contributed by atoms with E-state index in [-0.39, 0.29) is 21.8 Å². The summed E-state index contributed by atoms with van der Waals surface area (Å²) in [5, 5.41) is 12.7. The van der Waals surface area contributed by atoms with Crippen LogP contribution in [-0.2, 0) is 14.8 Å². The first-order valence-corrected chi connectivity index (χ1v) is 11.0. The third-order valence-corrected chi connectivity index (χ3v) is 7.35. The van der Waals surface area contributed by atoms with E-state index in [0.717, 1.165) is 11.3 Å². The molecule has 0 unspecified atom stereocenters. The van der Waals surface area contributed by atoms with Gasteiger partial charge in [-0.15, -0.1) is 11.3 Å². The van der Waals surface area contributed by atoms with Crippen molar-refractivity contribution in [2.75, 3.05) is 13.1 Å². The summed E-state index contributed by atoms with van der Waals surface area (Å²) in [5.41, 5.74) is 0.299. The lowest BCUT2D eigenvalue weighted by atomic mass is 10.1. The van der Waals surface area contributed by atoms with Gasteiger partial charge in [0, 0.05) is 31.3 Å². The van der Waals surface area contributed by atoms with E-state index in [9.17, 15) is 23.3 Å². The second-order valence-corrected chi connectivity index (χ2v) is 9.19. The van der Waals surface area contributed by atoms with Gasteiger partial charge in [0.2, 0.25) is 15.9 Å². The molecule has 1 saturated heterocycles. The number of hydrogen-bond donors (Lipinski definition) is 1. The van der Waals surface area contributed by atoms with E-state index in [1.54, 1.807) is 40.6 Å². The summed E-state index contributed by atoms with van der Waals surface area (Å²) < 4.78 is 27.5. The zero-order valence-electron chi connectivity index (χ0n) is 14.9. The molecule has 1 fully saturated rings. The van der Waals surface area contributed by atoms with Crippen molar-refractivity contribution >= 4 is 39.0 Å². The molecule has 0 atom stereocenters. The van der Waals surface area contributed by atoms with Crippen molar-refractivity contribution in [1.82, 2.24) is 9.62 Å². The first-order valence-electron chi connectivity index (χ1n) is 8.63. The van der Waals surface area contributed by atoms with Gasteiger partial charge in [-0.25, -0.2) is 13.1 Å². The van der Waals surface area contributed by atoms with Crippen molar-refractivity contribution in [3.63, 3.8) is 0 Å². The van der Waals surface area contributed by atoms with Crippen LogP contribution in [0.2, 0.25) is 0 Å². The molecule has 1 aromatic carbocycles. The van der Waals surface area contributed by atoms with Crippen LogP contribution in [0.4, 0.5) is 5.69 Å². The molecule has 148 valence electrons. The molecule has 8 nitrogen and oxygen atoms in total. The molecule has 3 rings (SSSR count). The van der Waals surface area contributed by atoms with Gasteiger partial charge in [-0.2, -0.15) is 0 Å². The van der Waals surface area contributed by atoms with Crippen molar-refractivity contribution in [3.05, 3.63) is 63.5 Å². The SMILES string of the molecule is O=C(/C=C/c1ccccc1[N+](=O)[O-])N1CCC(NS(=O)(=O)c2cccs2)CC1. The number of benzene rings is 1. The first kappa shape index (κ1) is 20.2. The number of likely N-dealkylation sites (tertiary alicyclic amines) is 1. The topological polar surface area (TPSA) is 110 Å². The van der Waals surface area contributed by atoms with E-state index in [4.69, 9.17) is 0 Å². The molecule has 28 heavy (non-hydrogen) atoms. The van der Waals surface area contributed by atoms with Crippen LogP contribution in [0.25, 0.3) is 6.08 Å². The number of carbonyl (C=O) groups is 1. The van der Waals surface area contributed by atoms with E-state index in [1.165, 1.54) is 18.2 Å². The van der Waals surface area contributed by atoms with Crippen LogP contribution < -0.4 is 4.72 Å². The monoisotopic (exact) mass is 421 g/mol. The molecule has 1 N–H and O–H groups in total. The highest BCUT2D eigenvalue weighted by Crippen LogP contribution is 2.21. The Labute approximate surface area is 166 Å². The standard InChI is InChI=1S/C18H19N3O5S2/c22-17(8-7-14-4-1-2-5-16(14)21(23)24)20-11-9-15(10-12-20)19-28(25,26)18-6-3-13-27-18/h1-8,13,15,19H,9-12H2/b8-7+. The van der Waals surface area contributed by atoms with Crippen LogP contribution in [0, 0.1) is 10.1 Å². The maximum atomic E-state index is 12.4. The Kier molecular flexibility index (Phi) is 6.22. The van der Waals surface area contributed by atoms with Crippen molar-refractivity contribution in [2.24, 2.45) is 0 Å². The molecule has 0 aliphatic carbocycles. The number of hydrogen-bond acceptors (Lipinski definition) is 6. The minimum absolute atomic E-state index is 0.0618. The van der Waals surface area contributed by atoms with Gasteiger partial charge in [-0.3, -0.25) is 14.9 Å². The van der Waals surface area contributed by atoms with E-state index in [1.807, 2.05) is 0 Å². The van der Waals surface area contributed by atoms with E-state index in [0.29, 0.717) is 31.5 Å². The summed E-state index contributed by atoms with van der Waals surface area (Å²) in [7, 11) is -3.53. The molecule has 2 heterocycles. The van der Waals surface area contributed by atoms with Crippen molar-refractivity contribution in [1.29, 1.82) is 0 Å². The average molecular weight is 422 g/mol. The molecule has 10 heteroatoms. The van der Waals surface area contributed by atoms with Crippen LogP contribution in [0.15, 0.2) is 52.1 Å². The fraction of sp³-hybridized carbons (Fsp3) is 0.278. The first-order chi connectivity index (χ1) is 13.4. The third kappa shape index (κ3) is 4.83. The molecular weight excluding hydrogens is 402 g/mol. The minimum atomic E-state index is -3.53. The number of sulfonamides is 1. The number of amides is 1. The molecule has 1 aromatic heterocycles. The van der Waals surface area contributed by atoms with Crippen LogP contribution in [0.3, 0.4) is 0 Å². The zero-order chi connectivity index (χ0) is 20.1. The maximum absolute atomic E-state index is 12.4. The Morgan fingerprint density at radius 1 is 1.21 bits per heavy atom. The highest BCUT2D eigenvalue weighted by atomic mass is 32.2. The van der Waals surface area contributed by atoms with E-state index >= 15 is 0 Å². The van der Waals surface area contributed by atoms with Gasteiger partial charge in [-0.05, 0) is 36.4 Å². The number of nitro benzene ring substituents is 1. The molecule has 0 saturated carbocycles. The summed E-state index contributed by atoms with van der Waals surface area (Å²) in [6.07, 6.45) is 3.77. The second kappa shape index (κ2) is 8.63. The van der Waals surface area contributed by atoms with Crippen molar-refractivity contribution in [3.8, 4) is 0 Å². The number of nitrogens with zero attached hydrogens (tertiary/aromatic N) is 2. The van der Waals surface area contributed by atoms with Gasteiger partial charge in [0.05, 0.1) is 10.5 Å². The highest BCUT2D eigenvalue weighted by molar-refractivity contribution is 7.91. The normalized spacial score (nSPS) is 15.8. The number of carbonyl (C=O) groups excluding carboxylic acids is 1. The van der Waals surface area contributed by atoms with Gasteiger partial charge in [0.25, 0.3) is 5.69 Å². The fourth-order valence-electron chi connectivity index (χ4n) is 2.97. The lowest BCUT2D eigenvalue weighted by Crippen LogP contribution is -2.46. The van der Waals surface area contributed by atoms with Crippen molar-refractivity contribution in [2.45, 2.75) is 23.1 Å². The van der Waals surface area contributed by atoms with Gasteiger partial charge in [-0.1, -0.05) is 18.2 Å². The minimum Gasteiger partial charge on any atom is -0.339 e. The summed E-state index contributed by atoms with van der Waals surface area (Å²) in [6, 6.07) is 9.21. The Morgan fingerprint density at radius 2 is 1.93 bits per heavy atom. The fourth-order valence-corrected chi connectivity index (χ4v) is 5.29. The summed E-state index contributed by atoms with van der Waals surface area (Å²) in [5.74, 6) is -0.252. The number of nitro groups is 1. The van der Waals surface area contributed by atoms with Crippen LogP contribution in [0.1, 0.15) is 18.4 Å². The quantitative estimate of drug-likeness (QED) is 0.438. The smallest absolute Gasteiger partial charge is 0.276 e. The Hall–Kier alpha value is -2.56. The predicted molar refractivity (Wildman–Crippen MR) is 106 cm³/mol. The van der Waals surface area contributed by atoms with Gasteiger partial charge >= 0.3 is 0 Å². The molecule has 0 bridgehead atoms. The molecule has 1 amide bonds. The van der Waals surface area contributed by atoms with Crippen LogP contribution in [-0.4, -0.2) is 43.3 Å². The molecule has 2 aromatic rings. The predicted octanol–water partition coefficient (Wildman–Crippen LogP) is 2.64. The number of thiophene rings is 1. The van der Waals surface area contributed by atoms with Crippen LogP contribution >= 0.6 is 11.3 Å². The number of para-hydroxylation sites is 1. The van der Waals surface area contributed by atoms with Gasteiger partial charge < -0.3 is 4.90 Å². The van der Waals surface area contributed by atoms with E-state index in [2.05, 4.69) is 4.72 Å². The Morgan fingerprint density at radius 3 is 2.57 bits per heavy atom.